The molecular weight excluding hydrogens is 342 g/mol. The number of nitrogens with zero attached hydrogens (tertiary/aromatic N) is 2. The molecule has 0 aliphatic carbocycles. The van der Waals surface area contributed by atoms with Gasteiger partial charge >= 0.3 is 0 Å². The predicted octanol–water partition coefficient (Wildman–Crippen LogP) is 2.83. The molecule has 1 heterocycles. The van der Waals surface area contributed by atoms with E-state index in [1.807, 2.05) is 13.0 Å². The van der Waals surface area contributed by atoms with Gasteiger partial charge in [0.15, 0.2) is 5.82 Å². The number of hydrogen-bond acceptors (Lipinski definition) is 4. The van der Waals surface area contributed by atoms with Crippen LogP contribution in [0.4, 0.5) is 5.82 Å². The maximum atomic E-state index is 12.3. The Morgan fingerprint density at radius 1 is 1.35 bits per heavy atom. The number of aromatic nitrogens is 1. The van der Waals surface area contributed by atoms with Crippen molar-refractivity contribution >= 4 is 31.8 Å². The van der Waals surface area contributed by atoms with Crippen LogP contribution in [0.1, 0.15) is 11.1 Å². The van der Waals surface area contributed by atoms with Crippen LogP contribution in [0, 0.1) is 18.3 Å². The van der Waals surface area contributed by atoms with Gasteiger partial charge in [-0.3, -0.25) is 4.72 Å². The monoisotopic (exact) mass is 351 g/mol. The smallest absolute Gasteiger partial charge is 0.262 e. The molecule has 0 spiro atoms. The van der Waals surface area contributed by atoms with Crippen molar-refractivity contribution in [3.8, 4) is 6.07 Å². The van der Waals surface area contributed by atoms with Gasteiger partial charge in [-0.15, -0.1) is 0 Å². The van der Waals surface area contributed by atoms with Gasteiger partial charge in [0.05, 0.1) is 10.0 Å². The summed E-state index contributed by atoms with van der Waals surface area (Å²) < 4.78 is 27.5. The quantitative estimate of drug-likeness (QED) is 0.921. The maximum absolute atomic E-state index is 12.3. The highest BCUT2D eigenvalue weighted by Gasteiger charge is 2.19. The molecule has 1 aromatic heterocycles. The zero-order chi connectivity index (χ0) is 14.8. The van der Waals surface area contributed by atoms with Gasteiger partial charge in [0.2, 0.25) is 0 Å². The van der Waals surface area contributed by atoms with E-state index in [1.165, 1.54) is 12.1 Å². The summed E-state index contributed by atoms with van der Waals surface area (Å²) in [6.07, 6.45) is 1.55. The van der Waals surface area contributed by atoms with Crippen molar-refractivity contribution in [2.75, 3.05) is 4.72 Å². The molecule has 0 aliphatic heterocycles. The van der Waals surface area contributed by atoms with E-state index in [2.05, 4.69) is 25.6 Å². The molecule has 5 nitrogen and oxygen atoms in total. The summed E-state index contributed by atoms with van der Waals surface area (Å²) in [5, 5.41) is 8.97. The Bertz CT molecular complexity index is 798. The molecule has 1 N–H and O–H groups in total. The molecule has 102 valence electrons. The van der Waals surface area contributed by atoms with Gasteiger partial charge in [0, 0.05) is 6.20 Å². The lowest BCUT2D eigenvalue weighted by Crippen LogP contribution is -2.15. The van der Waals surface area contributed by atoms with E-state index >= 15 is 0 Å². The third kappa shape index (κ3) is 2.98. The fourth-order valence-electron chi connectivity index (χ4n) is 1.58. The van der Waals surface area contributed by atoms with Crippen molar-refractivity contribution in [1.82, 2.24) is 4.98 Å². The molecule has 0 saturated heterocycles. The number of nitrogens with one attached hydrogen (secondary N) is 1. The average Bonchev–Trinajstić information content (AvgIpc) is 2.42. The van der Waals surface area contributed by atoms with E-state index in [0.29, 0.717) is 4.47 Å². The second-order valence-electron chi connectivity index (χ2n) is 4.06. The fraction of sp³-hybridized carbons (Fsp3) is 0.0769. The van der Waals surface area contributed by atoms with Gasteiger partial charge in [-0.25, -0.2) is 13.4 Å². The van der Waals surface area contributed by atoms with Crippen LogP contribution in [0.2, 0.25) is 0 Å². The molecular formula is C13H10BrN3O2S. The minimum Gasteiger partial charge on any atom is -0.262 e. The van der Waals surface area contributed by atoms with Crippen LogP contribution in [-0.2, 0) is 10.0 Å². The summed E-state index contributed by atoms with van der Waals surface area (Å²) in [4.78, 5) is 3.95. The number of benzene rings is 1. The molecule has 20 heavy (non-hydrogen) atoms. The van der Waals surface area contributed by atoms with E-state index in [4.69, 9.17) is 5.26 Å². The molecule has 0 amide bonds. The molecule has 2 rings (SSSR count). The third-order valence-electron chi connectivity index (χ3n) is 2.51. The van der Waals surface area contributed by atoms with Crippen molar-refractivity contribution in [2.45, 2.75) is 11.8 Å². The number of aryl methyl sites for hydroxylation is 1. The zero-order valence-electron chi connectivity index (χ0n) is 10.5. The lowest BCUT2D eigenvalue weighted by Gasteiger charge is -2.10. The van der Waals surface area contributed by atoms with Crippen LogP contribution < -0.4 is 4.72 Å². The van der Waals surface area contributed by atoms with Crippen LogP contribution in [0.3, 0.4) is 0 Å². The van der Waals surface area contributed by atoms with Gasteiger partial charge in [0.1, 0.15) is 11.0 Å². The summed E-state index contributed by atoms with van der Waals surface area (Å²) in [6, 6.07) is 9.61. The van der Waals surface area contributed by atoms with Crippen molar-refractivity contribution in [3.05, 3.63) is 52.1 Å². The normalized spacial score (nSPS) is 10.8. The Labute approximate surface area is 125 Å². The number of rotatable bonds is 3. The topological polar surface area (TPSA) is 82.8 Å². The zero-order valence-corrected chi connectivity index (χ0v) is 12.9. The molecule has 2 aromatic rings. The maximum Gasteiger partial charge on any atom is 0.264 e. The van der Waals surface area contributed by atoms with E-state index < -0.39 is 10.0 Å². The second kappa shape index (κ2) is 5.61. The number of hydrogen-bond donors (Lipinski definition) is 1. The highest BCUT2D eigenvalue weighted by molar-refractivity contribution is 9.10. The molecule has 0 aliphatic rings. The first kappa shape index (κ1) is 14.5. The van der Waals surface area contributed by atoms with Crippen LogP contribution in [-0.4, -0.2) is 13.4 Å². The van der Waals surface area contributed by atoms with Crippen molar-refractivity contribution in [1.29, 1.82) is 5.26 Å². The lowest BCUT2D eigenvalue weighted by atomic mass is 10.2. The summed E-state index contributed by atoms with van der Waals surface area (Å²) in [5.74, 6) is 0.184. The predicted molar refractivity (Wildman–Crippen MR) is 78.6 cm³/mol. The van der Waals surface area contributed by atoms with Gasteiger partial charge in [-0.1, -0.05) is 12.1 Å². The minimum absolute atomic E-state index is 0.0724. The number of sulfonamides is 1. The molecule has 1 aromatic carbocycles. The number of pyridine rings is 1. The molecule has 0 bridgehead atoms. The standard InChI is InChI=1S/C13H10BrN3O2S/c1-9-6-11(14)13(16-8-9)17-20(18,19)12-5-3-2-4-10(12)7-15/h2-6,8H,1H3,(H,16,17). The lowest BCUT2D eigenvalue weighted by molar-refractivity contribution is 0.600. The van der Waals surface area contributed by atoms with Crippen LogP contribution >= 0.6 is 15.9 Å². The second-order valence-corrected chi connectivity index (χ2v) is 6.56. The molecule has 0 unspecified atom stereocenters. The summed E-state index contributed by atoms with van der Waals surface area (Å²) >= 11 is 3.25. The molecule has 7 heteroatoms. The first-order chi connectivity index (χ1) is 9.44. The highest BCUT2D eigenvalue weighted by Crippen LogP contribution is 2.24. The molecule has 0 saturated carbocycles. The third-order valence-corrected chi connectivity index (χ3v) is 4.51. The van der Waals surface area contributed by atoms with Gasteiger partial charge in [-0.05, 0) is 46.6 Å². The van der Waals surface area contributed by atoms with Crippen molar-refractivity contribution in [2.24, 2.45) is 0 Å². The summed E-state index contributed by atoms with van der Waals surface area (Å²) in [6.45, 7) is 1.85. The molecule has 0 radical (unpaired) electrons. The SMILES string of the molecule is Cc1cnc(NS(=O)(=O)c2ccccc2C#N)c(Br)c1. The molecule has 0 atom stereocenters. The van der Waals surface area contributed by atoms with Crippen molar-refractivity contribution < 1.29 is 8.42 Å². The number of anilines is 1. The first-order valence-electron chi connectivity index (χ1n) is 5.58. The average molecular weight is 352 g/mol. The highest BCUT2D eigenvalue weighted by atomic mass is 79.9. The number of halogens is 1. The summed E-state index contributed by atoms with van der Waals surface area (Å²) in [5.41, 5.74) is 0.987. The molecule has 0 fully saturated rings. The van der Waals surface area contributed by atoms with Crippen molar-refractivity contribution in [3.63, 3.8) is 0 Å². The van der Waals surface area contributed by atoms with Crippen LogP contribution in [0.15, 0.2) is 45.9 Å². The minimum atomic E-state index is -3.86. The Hall–Kier alpha value is -1.91. The Balaban J connectivity index is 2.44. The van der Waals surface area contributed by atoms with Crippen LogP contribution in [0.5, 0.6) is 0 Å². The summed E-state index contributed by atoms with van der Waals surface area (Å²) in [7, 11) is -3.86. The van der Waals surface area contributed by atoms with Gasteiger partial charge in [-0.2, -0.15) is 5.26 Å². The van der Waals surface area contributed by atoms with Crippen LogP contribution in [0.25, 0.3) is 0 Å². The fourth-order valence-corrected chi connectivity index (χ4v) is 3.47. The van der Waals surface area contributed by atoms with E-state index in [1.54, 1.807) is 24.4 Å². The first-order valence-corrected chi connectivity index (χ1v) is 7.86. The Morgan fingerprint density at radius 2 is 2.05 bits per heavy atom. The van der Waals surface area contributed by atoms with E-state index in [-0.39, 0.29) is 16.3 Å². The largest absolute Gasteiger partial charge is 0.264 e. The Morgan fingerprint density at radius 3 is 2.70 bits per heavy atom. The van der Waals surface area contributed by atoms with E-state index in [0.717, 1.165) is 5.56 Å². The number of nitriles is 1. The van der Waals surface area contributed by atoms with Gasteiger partial charge < -0.3 is 0 Å². The van der Waals surface area contributed by atoms with E-state index in [9.17, 15) is 8.42 Å². The van der Waals surface area contributed by atoms with Gasteiger partial charge in [0.25, 0.3) is 10.0 Å². The Kier molecular flexibility index (Phi) is 4.06.